The molecule has 7 heteroatoms. The van der Waals surface area contributed by atoms with Crippen molar-refractivity contribution in [3.05, 3.63) is 46.1 Å². The Kier molecular flexibility index (Phi) is 5.15. The molecule has 2 aliphatic rings. The summed E-state index contributed by atoms with van der Waals surface area (Å²) in [6, 6.07) is 5.90. The maximum atomic E-state index is 13.3. The molecule has 6 nitrogen and oxygen atoms in total. The molecule has 0 bridgehead atoms. The van der Waals surface area contributed by atoms with Gasteiger partial charge in [-0.2, -0.15) is 0 Å². The van der Waals surface area contributed by atoms with Crippen molar-refractivity contribution in [1.29, 1.82) is 0 Å². The molecule has 0 atom stereocenters. The first kappa shape index (κ1) is 18.7. The number of aromatic nitrogens is 1. The van der Waals surface area contributed by atoms with E-state index in [1.807, 2.05) is 4.90 Å². The van der Waals surface area contributed by atoms with E-state index in [-0.39, 0.29) is 23.3 Å². The number of amides is 2. The van der Waals surface area contributed by atoms with Gasteiger partial charge in [-0.1, -0.05) is 12.5 Å². The topological polar surface area (TPSA) is 73.5 Å². The normalized spacial score (nSPS) is 17.6. The lowest BCUT2D eigenvalue weighted by atomic mass is 9.84. The van der Waals surface area contributed by atoms with E-state index in [1.54, 1.807) is 17.0 Å². The Bertz CT molecular complexity index is 959. The van der Waals surface area contributed by atoms with Crippen molar-refractivity contribution in [2.75, 3.05) is 26.2 Å². The number of hydrogen-bond donors (Lipinski definition) is 1. The van der Waals surface area contributed by atoms with Gasteiger partial charge in [0.15, 0.2) is 0 Å². The highest BCUT2D eigenvalue weighted by atomic mass is 19.1. The van der Waals surface area contributed by atoms with Gasteiger partial charge in [0.2, 0.25) is 11.8 Å². The number of H-pyrrole nitrogens is 1. The van der Waals surface area contributed by atoms with Gasteiger partial charge in [-0.25, -0.2) is 4.39 Å². The number of nitrogens with zero attached hydrogens (tertiary/aromatic N) is 2. The van der Waals surface area contributed by atoms with E-state index in [0.29, 0.717) is 55.5 Å². The molecule has 1 aliphatic heterocycles. The maximum absolute atomic E-state index is 13.3. The second-order valence-electron chi connectivity index (χ2n) is 7.69. The summed E-state index contributed by atoms with van der Waals surface area (Å²) in [5.41, 5.74) is 0.318. The zero-order chi connectivity index (χ0) is 19.7. The summed E-state index contributed by atoms with van der Waals surface area (Å²) in [5.74, 6) is 0.00985. The number of piperazine rings is 1. The molecule has 28 heavy (non-hydrogen) atoms. The number of aromatic amines is 1. The Morgan fingerprint density at radius 1 is 1.07 bits per heavy atom. The second-order valence-corrected chi connectivity index (χ2v) is 7.69. The molecule has 4 rings (SSSR count). The van der Waals surface area contributed by atoms with Crippen LogP contribution >= 0.6 is 0 Å². The van der Waals surface area contributed by atoms with Crippen LogP contribution in [0.3, 0.4) is 0 Å². The number of aryl methyl sites for hydroxylation is 1. The molecular formula is C21H24FN3O3. The standard InChI is InChI=1S/C21H24FN3O3/c22-16-5-4-15-12-17(23-20(27)18(15)13-16)6-7-19(26)24-8-10-25(11-9-24)21(28)14-2-1-3-14/h4-5,12-14H,1-3,6-11H2,(H,23,27). The predicted molar refractivity (Wildman–Crippen MR) is 103 cm³/mol. The minimum absolute atomic E-state index is 0.0239. The molecule has 0 spiro atoms. The number of nitrogens with one attached hydrogen (secondary N) is 1. The summed E-state index contributed by atoms with van der Waals surface area (Å²) in [6.07, 6.45) is 3.84. The molecule has 1 saturated carbocycles. The van der Waals surface area contributed by atoms with Crippen molar-refractivity contribution in [1.82, 2.24) is 14.8 Å². The fraction of sp³-hybridized carbons (Fsp3) is 0.476. The van der Waals surface area contributed by atoms with E-state index in [0.717, 1.165) is 19.3 Å². The minimum Gasteiger partial charge on any atom is -0.339 e. The van der Waals surface area contributed by atoms with Crippen molar-refractivity contribution in [3.63, 3.8) is 0 Å². The third kappa shape index (κ3) is 3.79. The number of rotatable bonds is 4. The van der Waals surface area contributed by atoms with Crippen molar-refractivity contribution in [2.45, 2.75) is 32.1 Å². The zero-order valence-corrected chi connectivity index (χ0v) is 15.7. The number of pyridine rings is 1. The van der Waals surface area contributed by atoms with Crippen molar-refractivity contribution >= 4 is 22.6 Å². The highest BCUT2D eigenvalue weighted by Gasteiger charge is 2.31. The van der Waals surface area contributed by atoms with Crippen LogP contribution in [0.2, 0.25) is 0 Å². The number of carbonyl (C=O) groups excluding carboxylic acids is 2. The van der Waals surface area contributed by atoms with Gasteiger partial charge in [0, 0.05) is 49.6 Å². The number of carbonyl (C=O) groups is 2. The van der Waals surface area contributed by atoms with Gasteiger partial charge in [-0.15, -0.1) is 0 Å². The van der Waals surface area contributed by atoms with Crippen LogP contribution in [-0.4, -0.2) is 52.8 Å². The quantitative estimate of drug-likeness (QED) is 0.876. The highest BCUT2D eigenvalue weighted by Crippen LogP contribution is 2.28. The summed E-state index contributed by atoms with van der Waals surface area (Å²) in [5, 5.41) is 0.970. The van der Waals surface area contributed by atoms with Crippen LogP contribution in [-0.2, 0) is 16.0 Å². The largest absolute Gasteiger partial charge is 0.339 e. The maximum Gasteiger partial charge on any atom is 0.256 e. The Labute approximate surface area is 162 Å². The van der Waals surface area contributed by atoms with E-state index in [9.17, 15) is 18.8 Å². The van der Waals surface area contributed by atoms with Crippen LogP contribution in [0.1, 0.15) is 31.4 Å². The molecule has 2 heterocycles. The van der Waals surface area contributed by atoms with Crippen LogP contribution in [0.15, 0.2) is 29.1 Å². The molecule has 1 aliphatic carbocycles. The van der Waals surface area contributed by atoms with E-state index in [4.69, 9.17) is 0 Å². The average molecular weight is 385 g/mol. The first-order chi connectivity index (χ1) is 13.5. The molecular weight excluding hydrogens is 361 g/mol. The van der Waals surface area contributed by atoms with Gasteiger partial charge in [0.05, 0.1) is 0 Å². The molecule has 2 amide bonds. The number of halogens is 1. The van der Waals surface area contributed by atoms with Crippen LogP contribution in [0.5, 0.6) is 0 Å². The molecule has 1 aromatic heterocycles. The molecule has 0 radical (unpaired) electrons. The monoisotopic (exact) mass is 385 g/mol. The molecule has 1 N–H and O–H groups in total. The average Bonchev–Trinajstić information content (AvgIpc) is 2.65. The molecule has 1 saturated heterocycles. The first-order valence-electron chi connectivity index (χ1n) is 9.89. The first-order valence-corrected chi connectivity index (χ1v) is 9.89. The fourth-order valence-corrected chi connectivity index (χ4v) is 3.91. The zero-order valence-electron chi connectivity index (χ0n) is 15.7. The SMILES string of the molecule is O=C(CCc1cc2ccc(F)cc2c(=O)[nH]1)N1CCN(C(=O)C2CCC2)CC1. The second kappa shape index (κ2) is 7.73. The predicted octanol–water partition coefficient (Wildman–Crippen LogP) is 2.07. The number of hydrogen-bond acceptors (Lipinski definition) is 3. The molecule has 2 aromatic rings. The molecule has 0 unspecified atom stereocenters. The third-order valence-electron chi connectivity index (χ3n) is 5.87. The van der Waals surface area contributed by atoms with Gasteiger partial charge >= 0.3 is 0 Å². The summed E-state index contributed by atoms with van der Waals surface area (Å²) >= 11 is 0. The number of benzene rings is 1. The molecule has 148 valence electrons. The van der Waals surface area contributed by atoms with Crippen molar-refractivity contribution in [2.24, 2.45) is 5.92 Å². The van der Waals surface area contributed by atoms with Crippen LogP contribution in [0, 0.1) is 11.7 Å². The smallest absolute Gasteiger partial charge is 0.256 e. The van der Waals surface area contributed by atoms with E-state index in [1.165, 1.54) is 12.1 Å². The van der Waals surface area contributed by atoms with Gasteiger partial charge in [-0.3, -0.25) is 14.4 Å². The lowest BCUT2D eigenvalue weighted by molar-refractivity contribution is -0.144. The Balaban J connectivity index is 1.32. The summed E-state index contributed by atoms with van der Waals surface area (Å²) < 4.78 is 13.3. The summed E-state index contributed by atoms with van der Waals surface area (Å²) in [4.78, 5) is 43.4. The van der Waals surface area contributed by atoms with Crippen molar-refractivity contribution in [3.8, 4) is 0 Å². The van der Waals surface area contributed by atoms with Gasteiger partial charge in [0.1, 0.15) is 5.82 Å². The van der Waals surface area contributed by atoms with Crippen LogP contribution < -0.4 is 5.56 Å². The van der Waals surface area contributed by atoms with E-state index in [2.05, 4.69) is 4.98 Å². The molecule has 1 aromatic carbocycles. The molecule has 2 fully saturated rings. The van der Waals surface area contributed by atoms with E-state index >= 15 is 0 Å². The lowest BCUT2D eigenvalue weighted by Gasteiger charge is -2.38. The van der Waals surface area contributed by atoms with Crippen LogP contribution in [0.25, 0.3) is 10.8 Å². The Morgan fingerprint density at radius 2 is 1.79 bits per heavy atom. The number of fused-ring (bicyclic) bond motifs is 1. The summed E-state index contributed by atoms with van der Waals surface area (Å²) in [7, 11) is 0. The van der Waals surface area contributed by atoms with Gasteiger partial charge < -0.3 is 14.8 Å². The van der Waals surface area contributed by atoms with Crippen molar-refractivity contribution < 1.29 is 14.0 Å². The summed E-state index contributed by atoms with van der Waals surface area (Å²) in [6.45, 7) is 2.31. The lowest BCUT2D eigenvalue weighted by Crippen LogP contribution is -2.52. The fourth-order valence-electron chi connectivity index (χ4n) is 3.91. The van der Waals surface area contributed by atoms with Crippen LogP contribution in [0.4, 0.5) is 4.39 Å². The van der Waals surface area contributed by atoms with E-state index < -0.39 is 5.82 Å². The third-order valence-corrected chi connectivity index (χ3v) is 5.87. The Hall–Kier alpha value is -2.70. The van der Waals surface area contributed by atoms with Gasteiger partial charge in [0.25, 0.3) is 5.56 Å². The highest BCUT2D eigenvalue weighted by molar-refractivity contribution is 5.82. The van der Waals surface area contributed by atoms with Gasteiger partial charge in [-0.05, 0) is 42.8 Å². The minimum atomic E-state index is -0.448. The Morgan fingerprint density at radius 3 is 2.46 bits per heavy atom.